The predicted molar refractivity (Wildman–Crippen MR) is 74.7 cm³/mol. The van der Waals surface area contributed by atoms with Crippen LogP contribution >= 0.6 is 0 Å². The van der Waals surface area contributed by atoms with Crippen LogP contribution in [0, 0.1) is 11.8 Å². The molecule has 1 heterocycles. The van der Waals surface area contributed by atoms with E-state index in [1.165, 1.54) is 0 Å². The second-order valence-corrected chi connectivity index (χ2v) is 5.43. The van der Waals surface area contributed by atoms with Gasteiger partial charge in [0.05, 0.1) is 19.1 Å². The molecule has 5 nitrogen and oxygen atoms in total. The van der Waals surface area contributed by atoms with Gasteiger partial charge < -0.3 is 14.9 Å². The Labute approximate surface area is 118 Å². The number of methoxy groups -OCH3 is 1. The molecule has 3 atom stereocenters. The SMILES string of the molecule is COc1cccc(C(O)CN2CC(C)C(C(=O)O)C2)c1. The number of likely N-dealkylation sites (tertiary alicyclic amines) is 1. The third-order valence-corrected chi connectivity index (χ3v) is 3.91. The van der Waals surface area contributed by atoms with E-state index >= 15 is 0 Å². The summed E-state index contributed by atoms with van der Waals surface area (Å²) in [5.41, 5.74) is 0.788. The monoisotopic (exact) mass is 279 g/mol. The summed E-state index contributed by atoms with van der Waals surface area (Å²) >= 11 is 0. The second-order valence-electron chi connectivity index (χ2n) is 5.43. The lowest BCUT2D eigenvalue weighted by Crippen LogP contribution is -2.27. The smallest absolute Gasteiger partial charge is 0.308 e. The number of rotatable bonds is 5. The quantitative estimate of drug-likeness (QED) is 0.852. The average molecular weight is 279 g/mol. The molecular weight excluding hydrogens is 258 g/mol. The fourth-order valence-electron chi connectivity index (χ4n) is 2.74. The second kappa shape index (κ2) is 6.24. The maximum atomic E-state index is 11.1. The largest absolute Gasteiger partial charge is 0.497 e. The van der Waals surface area contributed by atoms with Gasteiger partial charge >= 0.3 is 5.97 Å². The molecule has 1 aromatic carbocycles. The van der Waals surface area contributed by atoms with Crippen molar-refractivity contribution in [1.29, 1.82) is 0 Å². The summed E-state index contributed by atoms with van der Waals surface area (Å²) in [6.45, 7) is 3.59. The Morgan fingerprint density at radius 3 is 2.85 bits per heavy atom. The molecule has 5 heteroatoms. The number of β-amino-alcohol motifs (C(OH)–C–C–N with tert-alkyl or cyclic N) is 1. The zero-order valence-electron chi connectivity index (χ0n) is 11.8. The van der Waals surface area contributed by atoms with Crippen molar-refractivity contribution in [3.8, 4) is 5.75 Å². The Hall–Kier alpha value is -1.59. The lowest BCUT2D eigenvalue weighted by Gasteiger charge is -2.20. The van der Waals surface area contributed by atoms with Crippen LogP contribution in [0.25, 0.3) is 0 Å². The van der Waals surface area contributed by atoms with E-state index in [0.29, 0.717) is 25.4 Å². The first-order valence-electron chi connectivity index (χ1n) is 6.78. The Morgan fingerprint density at radius 1 is 1.50 bits per heavy atom. The number of carbonyl (C=O) groups is 1. The number of aliphatic hydroxyl groups is 1. The zero-order valence-corrected chi connectivity index (χ0v) is 11.8. The molecule has 0 radical (unpaired) electrons. The summed E-state index contributed by atoms with van der Waals surface area (Å²) in [5, 5.41) is 19.4. The zero-order chi connectivity index (χ0) is 14.7. The van der Waals surface area contributed by atoms with Gasteiger partial charge in [0.15, 0.2) is 0 Å². The van der Waals surface area contributed by atoms with E-state index in [-0.39, 0.29) is 11.8 Å². The van der Waals surface area contributed by atoms with E-state index in [1.807, 2.05) is 30.0 Å². The van der Waals surface area contributed by atoms with Crippen molar-refractivity contribution in [2.24, 2.45) is 11.8 Å². The molecule has 0 spiro atoms. The van der Waals surface area contributed by atoms with Gasteiger partial charge in [0.1, 0.15) is 5.75 Å². The van der Waals surface area contributed by atoms with Crippen LogP contribution in [-0.2, 0) is 4.79 Å². The van der Waals surface area contributed by atoms with Crippen LogP contribution in [-0.4, -0.2) is 47.8 Å². The number of carboxylic acids is 1. The third kappa shape index (κ3) is 3.29. The number of aliphatic hydroxyl groups excluding tert-OH is 1. The van der Waals surface area contributed by atoms with Crippen LogP contribution in [0.2, 0.25) is 0 Å². The van der Waals surface area contributed by atoms with Gasteiger partial charge in [0.25, 0.3) is 0 Å². The van der Waals surface area contributed by atoms with Gasteiger partial charge in [-0.25, -0.2) is 0 Å². The summed E-state index contributed by atoms with van der Waals surface area (Å²) in [5.74, 6) is -0.270. The molecule has 1 aromatic rings. The van der Waals surface area contributed by atoms with Gasteiger partial charge in [-0.1, -0.05) is 19.1 Å². The molecule has 2 N–H and O–H groups in total. The van der Waals surface area contributed by atoms with Gasteiger partial charge in [-0.05, 0) is 23.6 Å². The van der Waals surface area contributed by atoms with Crippen LogP contribution in [0.5, 0.6) is 5.75 Å². The number of hydrogen-bond donors (Lipinski definition) is 2. The van der Waals surface area contributed by atoms with Crippen LogP contribution in [0.15, 0.2) is 24.3 Å². The summed E-state index contributed by atoms with van der Waals surface area (Å²) in [6.07, 6.45) is -0.634. The van der Waals surface area contributed by atoms with Crippen molar-refractivity contribution in [2.75, 3.05) is 26.7 Å². The van der Waals surface area contributed by atoms with Gasteiger partial charge in [0, 0.05) is 19.6 Å². The molecule has 1 aliphatic heterocycles. The van der Waals surface area contributed by atoms with E-state index in [0.717, 1.165) is 5.56 Å². The highest BCUT2D eigenvalue weighted by atomic mass is 16.5. The van der Waals surface area contributed by atoms with Crippen molar-refractivity contribution in [2.45, 2.75) is 13.0 Å². The van der Waals surface area contributed by atoms with Crippen LogP contribution in [0.4, 0.5) is 0 Å². The summed E-state index contributed by atoms with van der Waals surface area (Å²) in [6, 6.07) is 7.32. The highest BCUT2D eigenvalue weighted by Crippen LogP contribution is 2.26. The summed E-state index contributed by atoms with van der Waals surface area (Å²) < 4.78 is 5.14. The fourth-order valence-corrected chi connectivity index (χ4v) is 2.74. The van der Waals surface area contributed by atoms with Gasteiger partial charge in [0.2, 0.25) is 0 Å². The van der Waals surface area contributed by atoms with Crippen molar-refractivity contribution >= 4 is 5.97 Å². The van der Waals surface area contributed by atoms with Gasteiger partial charge in [-0.15, -0.1) is 0 Å². The molecule has 1 fully saturated rings. The Balaban J connectivity index is 1.98. The molecule has 0 aromatic heterocycles. The molecule has 3 unspecified atom stereocenters. The molecule has 0 amide bonds. The number of benzene rings is 1. The maximum Gasteiger partial charge on any atom is 0.308 e. The lowest BCUT2D eigenvalue weighted by atomic mass is 9.99. The number of aliphatic carboxylic acids is 1. The Morgan fingerprint density at radius 2 is 2.25 bits per heavy atom. The van der Waals surface area contributed by atoms with Gasteiger partial charge in [-0.3, -0.25) is 9.69 Å². The number of hydrogen-bond acceptors (Lipinski definition) is 4. The van der Waals surface area contributed by atoms with Crippen molar-refractivity contribution in [3.05, 3.63) is 29.8 Å². The van der Waals surface area contributed by atoms with E-state index in [2.05, 4.69) is 0 Å². The van der Waals surface area contributed by atoms with Crippen LogP contribution < -0.4 is 4.74 Å². The van der Waals surface area contributed by atoms with E-state index in [1.54, 1.807) is 13.2 Å². The lowest BCUT2D eigenvalue weighted by molar-refractivity contribution is -0.142. The number of ether oxygens (including phenoxy) is 1. The minimum atomic E-state index is -0.754. The average Bonchev–Trinajstić information content (AvgIpc) is 2.79. The molecular formula is C15H21NO4. The highest BCUT2D eigenvalue weighted by molar-refractivity contribution is 5.71. The normalized spacial score (nSPS) is 24.6. The van der Waals surface area contributed by atoms with Crippen LogP contribution in [0.1, 0.15) is 18.6 Å². The van der Waals surface area contributed by atoms with Crippen molar-refractivity contribution in [3.63, 3.8) is 0 Å². The molecule has 110 valence electrons. The molecule has 1 aliphatic rings. The first-order chi connectivity index (χ1) is 9.51. The molecule has 20 heavy (non-hydrogen) atoms. The molecule has 2 rings (SSSR count). The Bertz CT molecular complexity index is 477. The van der Waals surface area contributed by atoms with E-state index in [4.69, 9.17) is 9.84 Å². The van der Waals surface area contributed by atoms with Gasteiger partial charge in [-0.2, -0.15) is 0 Å². The van der Waals surface area contributed by atoms with E-state index < -0.39 is 12.1 Å². The first-order valence-corrected chi connectivity index (χ1v) is 6.78. The van der Waals surface area contributed by atoms with Crippen molar-refractivity contribution in [1.82, 2.24) is 4.90 Å². The number of nitrogens with zero attached hydrogens (tertiary/aromatic N) is 1. The summed E-state index contributed by atoms with van der Waals surface area (Å²) in [4.78, 5) is 13.1. The van der Waals surface area contributed by atoms with Crippen LogP contribution in [0.3, 0.4) is 0 Å². The minimum absolute atomic E-state index is 0.116. The third-order valence-electron chi connectivity index (χ3n) is 3.91. The maximum absolute atomic E-state index is 11.1. The Kier molecular flexibility index (Phi) is 4.62. The predicted octanol–water partition coefficient (Wildman–Crippen LogP) is 1.38. The minimum Gasteiger partial charge on any atom is -0.497 e. The molecule has 0 aliphatic carbocycles. The molecule has 1 saturated heterocycles. The first kappa shape index (κ1) is 14.8. The topological polar surface area (TPSA) is 70.0 Å². The standard InChI is InChI=1S/C15H21NO4/c1-10-7-16(8-13(10)15(18)19)9-14(17)11-4-3-5-12(6-11)20-2/h3-6,10,13-14,17H,7-9H2,1-2H3,(H,18,19). The van der Waals surface area contributed by atoms with Crippen molar-refractivity contribution < 1.29 is 19.7 Å². The molecule has 0 saturated carbocycles. The fraction of sp³-hybridized carbons (Fsp3) is 0.533. The molecule has 0 bridgehead atoms. The highest BCUT2D eigenvalue weighted by Gasteiger charge is 2.35. The number of carboxylic acid groups (broad SMARTS) is 1. The summed E-state index contributed by atoms with van der Waals surface area (Å²) in [7, 11) is 1.59. The van der Waals surface area contributed by atoms with E-state index in [9.17, 15) is 9.90 Å².